The number of carbonyl (C=O) groups excluding carboxylic acids is 1. The van der Waals surface area contributed by atoms with Gasteiger partial charge >= 0.3 is 0 Å². The van der Waals surface area contributed by atoms with Crippen molar-refractivity contribution in [3.63, 3.8) is 0 Å². The molecule has 0 unspecified atom stereocenters. The second kappa shape index (κ2) is 7.89. The Balaban J connectivity index is 1.44. The summed E-state index contributed by atoms with van der Waals surface area (Å²) in [5.74, 6) is -0.108. The molecular weight excluding hydrogens is 382 g/mol. The number of pyridine rings is 1. The normalized spacial score (nSPS) is 14.2. The molecule has 1 fully saturated rings. The Labute approximate surface area is 172 Å². The molecule has 0 aliphatic heterocycles. The minimum absolute atomic E-state index is 0.108. The number of nitrogens with one attached hydrogen (secondary N) is 1. The Morgan fingerprint density at radius 2 is 1.86 bits per heavy atom. The number of hydrogen-bond donors (Lipinski definition) is 1. The van der Waals surface area contributed by atoms with E-state index in [-0.39, 0.29) is 5.91 Å². The molecule has 146 valence electrons. The second-order valence-corrected chi connectivity index (χ2v) is 8.27. The lowest BCUT2D eigenvalue weighted by Gasteiger charge is -2.25. The Bertz CT molecular complexity index is 1150. The first-order chi connectivity index (χ1) is 14.3. The van der Waals surface area contributed by atoms with Crippen LogP contribution in [0.3, 0.4) is 0 Å². The maximum absolute atomic E-state index is 12.9. The van der Waals surface area contributed by atoms with Crippen LogP contribution in [0.15, 0.2) is 54.6 Å². The summed E-state index contributed by atoms with van der Waals surface area (Å²) in [5.41, 5.74) is 3.08. The van der Waals surface area contributed by atoms with Gasteiger partial charge in [-0.1, -0.05) is 30.3 Å². The molecule has 29 heavy (non-hydrogen) atoms. The molecule has 1 saturated carbocycles. The van der Waals surface area contributed by atoms with Gasteiger partial charge in [-0.2, -0.15) is 0 Å². The molecule has 2 aromatic carbocycles. The number of aromatic nitrogens is 2. The molecule has 0 bridgehead atoms. The second-order valence-electron chi connectivity index (χ2n) is 7.24. The van der Waals surface area contributed by atoms with Gasteiger partial charge in [0.05, 0.1) is 34.0 Å². The number of benzene rings is 2. The number of hydrogen-bond acceptors (Lipinski definition) is 5. The summed E-state index contributed by atoms with van der Waals surface area (Å²) >= 11 is 1.59. The van der Waals surface area contributed by atoms with Crippen molar-refractivity contribution in [2.75, 3.05) is 13.2 Å². The fourth-order valence-electron chi connectivity index (χ4n) is 3.48. The van der Waals surface area contributed by atoms with Crippen LogP contribution in [0.25, 0.3) is 31.8 Å². The number of thiazole rings is 1. The molecule has 1 aliphatic rings. The van der Waals surface area contributed by atoms with Crippen LogP contribution in [-0.4, -0.2) is 35.1 Å². The van der Waals surface area contributed by atoms with Gasteiger partial charge in [-0.15, -0.1) is 11.3 Å². The molecule has 2 heterocycles. The maximum atomic E-state index is 12.9. The molecule has 1 N–H and O–H groups in total. The quantitative estimate of drug-likeness (QED) is 0.469. The predicted octanol–water partition coefficient (Wildman–Crippen LogP) is 4.81. The van der Waals surface area contributed by atoms with Crippen LogP contribution in [-0.2, 0) is 4.74 Å². The van der Waals surface area contributed by atoms with Gasteiger partial charge in [0.1, 0.15) is 10.7 Å². The SMILES string of the molecule is O=C(NCCOC1CCC1)c1cc(-c2nc3ccccc3s2)nc2ccccc12. The average molecular weight is 404 g/mol. The number of carbonyl (C=O) groups is 1. The van der Waals surface area contributed by atoms with E-state index >= 15 is 0 Å². The van der Waals surface area contributed by atoms with Gasteiger partial charge in [0.25, 0.3) is 5.91 Å². The van der Waals surface area contributed by atoms with Crippen molar-refractivity contribution in [3.05, 3.63) is 60.2 Å². The van der Waals surface area contributed by atoms with E-state index in [1.165, 1.54) is 6.42 Å². The summed E-state index contributed by atoms with van der Waals surface area (Å²) < 4.78 is 6.85. The molecule has 6 heteroatoms. The smallest absolute Gasteiger partial charge is 0.252 e. The van der Waals surface area contributed by atoms with Gasteiger partial charge < -0.3 is 10.1 Å². The molecule has 0 saturated heterocycles. The summed E-state index contributed by atoms with van der Waals surface area (Å²) in [4.78, 5) is 22.4. The highest BCUT2D eigenvalue weighted by atomic mass is 32.1. The predicted molar refractivity (Wildman–Crippen MR) is 116 cm³/mol. The molecule has 2 aromatic heterocycles. The summed E-state index contributed by atoms with van der Waals surface area (Å²) in [6.07, 6.45) is 3.89. The van der Waals surface area contributed by atoms with Crippen molar-refractivity contribution < 1.29 is 9.53 Å². The van der Waals surface area contributed by atoms with Crippen molar-refractivity contribution in [1.82, 2.24) is 15.3 Å². The molecule has 0 atom stereocenters. The van der Waals surface area contributed by atoms with Crippen molar-refractivity contribution >= 4 is 38.4 Å². The third-order valence-electron chi connectivity index (χ3n) is 5.27. The Morgan fingerprint density at radius 1 is 1.07 bits per heavy atom. The first-order valence-electron chi connectivity index (χ1n) is 9.93. The van der Waals surface area contributed by atoms with E-state index < -0.39 is 0 Å². The largest absolute Gasteiger partial charge is 0.376 e. The van der Waals surface area contributed by atoms with E-state index in [4.69, 9.17) is 14.7 Å². The van der Waals surface area contributed by atoms with Crippen LogP contribution in [0.1, 0.15) is 29.6 Å². The highest BCUT2D eigenvalue weighted by molar-refractivity contribution is 7.21. The molecule has 1 amide bonds. The van der Waals surface area contributed by atoms with Gasteiger partial charge in [0.2, 0.25) is 0 Å². The standard InChI is InChI=1S/C23H21N3O2S/c27-22(24-12-13-28-15-6-5-7-15)17-14-20(25-18-9-2-1-8-16(17)18)23-26-19-10-3-4-11-21(19)29-23/h1-4,8-11,14-15H,5-7,12-13H2,(H,24,27). The molecular formula is C23H21N3O2S. The fraction of sp³-hybridized carbons (Fsp3) is 0.261. The summed E-state index contributed by atoms with van der Waals surface area (Å²) in [6.45, 7) is 1.05. The third-order valence-corrected chi connectivity index (χ3v) is 6.33. The lowest BCUT2D eigenvalue weighted by atomic mass is 9.96. The van der Waals surface area contributed by atoms with Crippen LogP contribution in [0.5, 0.6) is 0 Å². The van der Waals surface area contributed by atoms with Gasteiger partial charge in [-0.25, -0.2) is 9.97 Å². The Morgan fingerprint density at radius 3 is 2.66 bits per heavy atom. The number of amides is 1. The van der Waals surface area contributed by atoms with Crippen LogP contribution in [0, 0.1) is 0 Å². The van der Waals surface area contributed by atoms with Crippen molar-refractivity contribution in [1.29, 1.82) is 0 Å². The van der Waals surface area contributed by atoms with E-state index in [1.54, 1.807) is 11.3 Å². The maximum Gasteiger partial charge on any atom is 0.252 e. The highest BCUT2D eigenvalue weighted by Gasteiger charge is 2.18. The van der Waals surface area contributed by atoms with Gasteiger partial charge in [-0.05, 0) is 43.5 Å². The number of fused-ring (bicyclic) bond motifs is 2. The van der Waals surface area contributed by atoms with Crippen LogP contribution >= 0.6 is 11.3 Å². The monoisotopic (exact) mass is 403 g/mol. The lowest BCUT2D eigenvalue weighted by molar-refractivity contribution is 0.00441. The van der Waals surface area contributed by atoms with Gasteiger partial charge in [0.15, 0.2) is 0 Å². The van der Waals surface area contributed by atoms with E-state index in [9.17, 15) is 4.79 Å². The molecule has 5 nitrogen and oxygen atoms in total. The number of rotatable bonds is 6. The van der Waals surface area contributed by atoms with Crippen LogP contribution < -0.4 is 5.32 Å². The first-order valence-corrected chi connectivity index (χ1v) is 10.7. The molecule has 4 aromatic rings. The van der Waals surface area contributed by atoms with E-state index in [2.05, 4.69) is 5.32 Å². The summed E-state index contributed by atoms with van der Waals surface area (Å²) in [6, 6.07) is 17.6. The van der Waals surface area contributed by atoms with Crippen molar-refractivity contribution in [2.45, 2.75) is 25.4 Å². The van der Waals surface area contributed by atoms with E-state index in [1.807, 2.05) is 54.6 Å². The third kappa shape index (κ3) is 3.73. The number of nitrogens with zero attached hydrogens (tertiary/aromatic N) is 2. The van der Waals surface area contributed by atoms with E-state index in [0.29, 0.717) is 24.8 Å². The topological polar surface area (TPSA) is 64.1 Å². The average Bonchev–Trinajstić information content (AvgIpc) is 3.15. The molecule has 0 radical (unpaired) electrons. The number of ether oxygens (including phenoxy) is 1. The molecule has 0 spiro atoms. The lowest BCUT2D eigenvalue weighted by Crippen LogP contribution is -2.30. The zero-order valence-corrected chi connectivity index (χ0v) is 16.7. The zero-order valence-electron chi connectivity index (χ0n) is 15.9. The Kier molecular flexibility index (Phi) is 4.96. The van der Waals surface area contributed by atoms with Gasteiger partial charge in [0, 0.05) is 11.9 Å². The summed E-state index contributed by atoms with van der Waals surface area (Å²) in [7, 11) is 0. The van der Waals surface area contributed by atoms with Crippen LogP contribution in [0.2, 0.25) is 0 Å². The van der Waals surface area contributed by atoms with Crippen LogP contribution in [0.4, 0.5) is 0 Å². The first kappa shape index (κ1) is 18.2. The minimum Gasteiger partial charge on any atom is -0.376 e. The van der Waals surface area contributed by atoms with Crippen molar-refractivity contribution in [3.8, 4) is 10.7 Å². The number of para-hydroxylation sites is 2. The molecule has 5 rings (SSSR count). The fourth-order valence-corrected chi connectivity index (χ4v) is 4.40. The van der Waals surface area contributed by atoms with Crippen molar-refractivity contribution in [2.24, 2.45) is 0 Å². The summed E-state index contributed by atoms with van der Waals surface area (Å²) in [5, 5.41) is 4.65. The minimum atomic E-state index is -0.108. The highest BCUT2D eigenvalue weighted by Crippen LogP contribution is 2.31. The molecule has 1 aliphatic carbocycles. The zero-order chi connectivity index (χ0) is 19.6. The Hall–Kier alpha value is -2.83. The van der Waals surface area contributed by atoms with Gasteiger partial charge in [-0.3, -0.25) is 4.79 Å². The van der Waals surface area contributed by atoms with E-state index in [0.717, 1.165) is 44.7 Å².